The van der Waals surface area contributed by atoms with E-state index in [0.29, 0.717) is 23.4 Å². The first-order valence-corrected chi connectivity index (χ1v) is 11.6. The molecule has 1 unspecified atom stereocenters. The first kappa shape index (κ1) is 24.0. The fourth-order valence-electron chi connectivity index (χ4n) is 3.89. The van der Waals surface area contributed by atoms with Crippen LogP contribution in [0.1, 0.15) is 25.8 Å². The van der Waals surface area contributed by atoms with E-state index in [2.05, 4.69) is 20.9 Å². The number of amides is 5. The molecular formula is C24H22FN5O4S. The standard InChI is InChI=1S/C24H22FN5O4S/c1-3-24(15-7-5-4-6-8-15)21(33)30(23(34)29-24)12-20(32)28-22-27-19(13-35-22)17-10-9-16(11-18(17)25)26-14(2)31/h4-11,13H,3,12H2,1-2H3,(H,26,31)(H,29,34)(H,27,28,32). The molecule has 0 saturated carbocycles. The maximum Gasteiger partial charge on any atom is 0.325 e. The number of nitrogens with zero attached hydrogens (tertiary/aromatic N) is 2. The number of urea groups is 1. The summed E-state index contributed by atoms with van der Waals surface area (Å²) in [7, 11) is 0. The van der Waals surface area contributed by atoms with E-state index >= 15 is 0 Å². The van der Waals surface area contributed by atoms with Crippen LogP contribution in [0.25, 0.3) is 11.3 Å². The van der Waals surface area contributed by atoms with E-state index < -0.39 is 35.7 Å². The Labute approximate surface area is 204 Å². The zero-order valence-corrected chi connectivity index (χ0v) is 19.7. The molecule has 5 amide bonds. The highest BCUT2D eigenvalue weighted by Gasteiger charge is 2.51. The number of halogens is 1. The number of aromatic nitrogens is 1. The Morgan fingerprint density at radius 2 is 1.89 bits per heavy atom. The maximum atomic E-state index is 14.5. The fourth-order valence-corrected chi connectivity index (χ4v) is 4.62. The lowest BCUT2D eigenvalue weighted by atomic mass is 9.87. The van der Waals surface area contributed by atoms with Crippen LogP contribution in [0.3, 0.4) is 0 Å². The van der Waals surface area contributed by atoms with Gasteiger partial charge in [0.05, 0.1) is 5.69 Å². The summed E-state index contributed by atoms with van der Waals surface area (Å²) in [5, 5.41) is 9.54. The number of anilines is 2. The first-order valence-electron chi connectivity index (χ1n) is 10.8. The van der Waals surface area contributed by atoms with Crippen molar-refractivity contribution in [2.45, 2.75) is 25.8 Å². The number of hydrogen-bond acceptors (Lipinski definition) is 6. The predicted octanol–water partition coefficient (Wildman–Crippen LogP) is 3.70. The quantitative estimate of drug-likeness (QED) is 0.432. The Balaban J connectivity index is 1.45. The molecule has 1 aliphatic heterocycles. The van der Waals surface area contributed by atoms with E-state index in [-0.39, 0.29) is 16.6 Å². The SMILES string of the molecule is CCC1(c2ccccc2)NC(=O)N(CC(=O)Nc2nc(-c3ccc(NC(C)=O)cc3F)cs2)C1=O. The van der Waals surface area contributed by atoms with Crippen LogP contribution >= 0.6 is 11.3 Å². The molecule has 1 aliphatic rings. The molecule has 4 rings (SSSR count). The van der Waals surface area contributed by atoms with Crippen molar-refractivity contribution in [3.8, 4) is 11.3 Å². The minimum Gasteiger partial charge on any atom is -0.326 e. The van der Waals surface area contributed by atoms with Gasteiger partial charge in [-0.1, -0.05) is 37.3 Å². The molecule has 1 aromatic heterocycles. The van der Waals surface area contributed by atoms with Crippen LogP contribution in [0.15, 0.2) is 53.9 Å². The summed E-state index contributed by atoms with van der Waals surface area (Å²) in [6, 6.07) is 12.4. The molecule has 0 aliphatic carbocycles. The molecule has 9 nitrogen and oxygen atoms in total. The Morgan fingerprint density at radius 3 is 2.54 bits per heavy atom. The van der Waals surface area contributed by atoms with E-state index in [1.807, 2.05) is 6.07 Å². The number of hydrogen-bond donors (Lipinski definition) is 3. The van der Waals surface area contributed by atoms with Crippen LogP contribution in [0.5, 0.6) is 0 Å². The van der Waals surface area contributed by atoms with Crippen LogP contribution in [0.2, 0.25) is 0 Å². The Hall–Kier alpha value is -4.12. The molecule has 1 atom stereocenters. The van der Waals surface area contributed by atoms with Crippen LogP contribution in [-0.2, 0) is 19.9 Å². The third-order valence-corrected chi connectivity index (χ3v) is 6.35. The summed E-state index contributed by atoms with van der Waals surface area (Å²) in [4.78, 5) is 54.6. The third kappa shape index (κ3) is 4.76. The molecule has 2 heterocycles. The molecule has 0 bridgehead atoms. The molecule has 3 aromatic rings. The molecule has 3 N–H and O–H groups in total. The highest BCUT2D eigenvalue weighted by atomic mass is 32.1. The van der Waals surface area contributed by atoms with Gasteiger partial charge in [0, 0.05) is 23.6 Å². The molecule has 2 aromatic carbocycles. The molecular weight excluding hydrogens is 473 g/mol. The van der Waals surface area contributed by atoms with Gasteiger partial charge in [0.25, 0.3) is 5.91 Å². The lowest BCUT2D eigenvalue weighted by Crippen LogP contribution is -2.44. The number of rotatable bonds is 7. The molecule has 11 heteroatoms. The number of nitrogens with one attached hydrogen (secondary N) is 3. The van der Waals surface area contributed by atoms with Gasteiger partial charge in [-0.15, -0.1) is 11.3 Å². The second kappa shape index (κ2) is 9.63. The van der Waals surface area contributed by atoms with Gasteiger partial charge < -0.3 is 16.0 Å². The highest BCUT2D eigenvalue weighted by Crippen LogP contribution is 2.32. The monoisotopic (exact) mass is 495 g/mol. The van der Waals surface area contributed by atoms with Crippen molar-refractivity contribution in [3.05, 3.63) is 65.3 Å². The summed E-state index contributed by atoms with van der Waals surface area (Å²) in [5.74, 6) is -2.03. The van der Waals surface area contributed by atoms with Gasteiger partial charge in [0.2, 0.25) is 11.8 Å². The molecule has 0 spiro atoms. The lowest BCUT2D eigenvalue weighted by molar-refractivity contribution is -0.134. The van der Waals surface area contributed by atoms with Crippen LogP contribution in [-0.4, -0.2) is 40.2 Å². The number of carbonyl (C=O) groups is 4. The van der Waals surface area contributed by atoms with E-state index in [1.165, 1.54) is 19.1 Å². The summed E-state index contributed by atoms with van der Waals surface area (Å²) < 4.78 is 14.5. The fraction of sp³-hybridized carbons (Fsp3) is 0.208. The molecule has 180 valence electrons. The smallest absolute Gasteiger partial charge is 0.325 e. The van der Waals surface area contributed by atoms with Gasteiger partial charge in [0.1, 0.15) is 17.9 Å². The van der Waals surface area contributed by atoms with E-state index in [4.69, 9.17) is 0 Å². The van der Waals surface area contributed by atoms with E-state index in [9.17, 15) is 23.6 Å². The van der Waals surface area contributed by atoms with E-state index in [1.54, 1.807) is 42.6 Å². The Morgan fingerprint density at radius 1 is 1.14 bits per heavy atom. The second-order valence-corrected chi connectivity index (χ2v) is 8.77. The Bertz CT molecular complexity index is 1310. The molecule has 0 radical (unpaired) electrons. The van der Waals surface area contributed by atoms with Crippen molar-refractivity contribution in [1.29, 1.82) is 0 Å². The predicted molar refractivity (Wildman–Crippen MR) is 129 cm³/mol. The molecule has 1 saturated heterocycles. The van der Waals surface area contributed by atoms with Gasteiger partial charge in [0.15, 0.2) is 5.13 Å². The summed E-state index contributed by atoms with van der Waals surface area (Å²) in [5.41, 5.74) is 0.213. The van der Waals surface area contributed by atoms with Gasteiger partial charge in [-0.2, -0.15) is 0 Å². The minimum absolute atomic E-state index is 0.187. The number of imide groups is 1. The van der Waals surface area contributed by atoms with Crippen molar-refractivity contribution < 1.29 is 23.6 Å². The highest BCUT2D eigenvalue weighted by molar-refractivity contribution is 7.14. The molecule has 35 heavy (non-hydrogen) atoms. The van der Waals surface area contributed by atoms with Crippen molar-refractivity contribution in [2.75, 3.05) is 17.2 Å². The largest absolute Gasteiger partial charge is 0.326 e. The summed E-state index contributed by atoms with van der Waals surface area (Å²) >= 11 is 1.07. The lowest BCUT2D eigenvalue weighted by Gasteiger charge is -2.25. The average molecular weight is 496 g/mol. The minimum atomic E-state index is -1.23. The first-order chi connectivity index (χ1) is 16.7. The molecule has 1 fully saturated rings. The topological polar surface area (TPSA) is 120 Å². The van der Waals surface area contributed by atoms with Gasteiger partial charge >= 0.3 is 6.03 Å². The van der Waals surface area contributed by atoms with Crippen molar-refractivity contribution >= 4 is 45.9 Å². The van der Waals surface area contributed by atoms with E-state index in [0.717, 1.165) is 16.2 Å². The third-order valence-electron chi connectivity index (χ3n) is 5.59. The summed E-state index contributed by atoms with van der Waals surface area (Å²) in [6.45, 7) is 2.62. The Kier molecular flexibility index (Phi) is 6.61. The van der Waals surface area contributed by atoms with Gasteiger partial charge in [-0.05, 0) is 30.2 Å². The maximum absolute atomic E-state index is 14.5. The van der Waals surface area contributed by atoms with Crippen LogP contribution in [0, 0.1) is 5.82 Å². The zero-order chi connectivity index (χ0) is 25.2. The van der Waals surface area contributed by atoms with Crippen molar-refractivity contribution in [1.82, 2.24) is 15.2 Å². The number of benzene rings is 2. The number of thiazole rings is 1. The van der Waals surface area contributed by atoms with Gasteiger partial charge in [-0.25, -0.2) is 14.2 Å². The normalized spacial score (nSPS) is 17.3. The van der Waals surface area contributed by atoms with Crippen molar-refractivity contribution in [2.24, 2.45) is 0 Å². The van der Waals surface area contributed by atoms with Crippen molar-refractivity contribution in [3.63, 3.8) is 0 Å². The zero-order valence-electron chi connectivity index (χ0n) is 18.9. The average Bonchev–Trinajstić information content (AvgIpc) is 3.37. The van der Waals surface area contributed by atoms with Gasteiger partial charge in [-0.3, -0.25) is 19.3 Å². The second-order valence-electron chi connectivity index (χ2n) is 7.91. The van der Waals surface area contributed by atoms with Crippen LogP contribution in [0.4, 0.5) is 20.0 Å². The van der Waals surface area contributed by atoms with Crippen LogP contribution < -0.4 is 16.0 Å². The number of carbonyl (C=O) groups excluding carboxylic acids is 4. The summed E-state index contributed by atoms with van der Waals surface area (Å²) in [6.07, 6.45) is 0.321.